The summed E-state index contributed by atoms with van der Waals surface area (Å²) in [5.74, 6) is -0.427. The average molecular weight is 342 g/mol. The fraction of sp³-hybridized carbons (Fsp3) is 0.350. The van der Waals surface area contributed by atoms with Gasteiger partial charge in [0, 0.05) is 32.7 Å². The van der Waals surface area contributed by atoms with Crippen molar-refractivity contribution >= 4 is 5.91 Å². The molecule has 0 unspecified atom stereocenters. The van der Waals surface area contributed by atoms with Gasteiger partial charge in [-0.3, -0.25) is 9.69 Å². The molecular formula is C20H23FN2O2. The van der Waals surface area contributed by atoms with Crippen LogP contribution in [0.1, 0.15) is 12.5 Å². The van der Waals surface area contributed by atoms with Crippen LogP contribution in [0.5, 0.6) is 5.75 Å². The van der Waals surface area contributed by atoms with E-state index in [0.29, 0.717) is 13.1 Å². The number of benzene rings is 2. The van der Waals surface area contributed by atoms with E-state index in [9.17, 15) is 9.18 Å². The van der Waals surface area contributed by atoms with E-state index < -0.39 is 11.9 Å². The molecule has 132 valence electrons. The molecule has 0 saturated carbocycles. The molecule has 0 radical (unpaired) electrons. The van der Waals surface area contributed by atoms with Gasteiger partial charge in [0.1, 0.15) is 0 Å². The van der Waals surface area contributed by atoms with Gasteiger partial charge in [0.2, 0.25) is 0 Å². The van der Waals surface area contributed by atoms with Gasteiger partial charge in [0.15, 0.2) is 17.7 Å². The lowest BCUT2D eigenvalue weighted by Crippen LogP contribution is -2.51. The number of nitrogens with zero attached hydrogens (tertiary/aromatic N) is 2. The summed E-state index contributed by atoms with van der Waals surface area (Å²) in [6, 6.07) is 16.5. The van der Waals surface area contributed by atoms with E-state index in [1.165, 1.54) is 17.7 Å². The van der Waals surface area contributed by atoms with Crippen LogP contribution in [0.25, 0.3) is 0 Å². The van der Waals surface area contributed by atoms with Gasteiger partial charge in [-0.25, -0.2) is 4.39 Å². The predicted molar refractivity (Wildman–Crippen MR) is 94.8 cm³/mol. The molecule has 0 aliphatic carbocycles. The van der Waals surface area contributed by atoms with Gasteiger partial charge in [-0.2, -0.15) is 0 Å². The highest BCUT2D eigenvalue weighted by Crippen LogP contribution is 2.18. The van der Waals surface area contributed by atoms with Crippen LogP contribution in [0.2, 0.25) is 0 Å². The lowest BCUT2D eigenvalue weighted by molar-refractivity contribution is -0.139. The first-order valence-electron chi connectivity index (χ1n) is 8.60. The van der Waals surface area contributed by atoms with Crippen LogP contribution in [0.3, 0.4) is 0 Å². The third kappa shape index (κ3) is 4.57. The maximum absolute atomic E-state index is 13.7. The van der Waals surface area contributed by atoms with Crippen molar-refractivity contribution in [3.05, 3.63) is 66.0 Å². The molecule has 1 heterocycles. The standard InChI is InChI=1S/C20H23FN2O2/c1-16(25-19-10-6-5-9-18(19)21)20(24)23-13-11-22(12-14-23)15-17-7-3-2-4-8-17/h2-10,16H,11-15H2,1H3/t16-/m1/s1. The summed E-state index contributed by atoms with van der Waals surface area (Å²) >= 11 is 0. The predicted octanol–water partition coefficient (Wildman–Crippen LogP) is 2.94. The maximum atomic E-state index is 13.7. The van der Waals surface area contributed by atoms with Crippen molar-refractivity contribution in [2.24, 2.45) is 0 Å². The Balaban J connectivity index is 1.50. The van der Waals surface area contributed by atoms with Crippen molar-refractivity contribution in [3.63, 3.8) is 0 Å². The molecule has 0 aromatic heterocycles. The average Bonchev–Trinajstić information content (AvgIpc) is 2.64. The number of hydrogen-bond acceptors (Lipinski definition) is 3. The molecule has 25 heavy (non-hydrogen) atoms. The SMILES string of the molecule is C[C@@H](Oc1ccccc1F)C(=O)N1CCN(Cc2ccccc2)CC1. The molecule has 0 spiro atoms. The largest absolute Gasteiger partial charge is 0.478 e. The molecule has 1 amide bonds. The summed E-state index contributed by atoms with van der Waals surface area (Å²) in [6.07, 6.45) is -0.697. The molecule has 3 rings (SSSR count). The van der Waals surface area contributed by atoms with Crippen LogP contribution in [0.4, 0.5) is 4.39 Å². The Morgan fingerprint density at radius 1 is 1.04 bits per heavy atom. The minimum Gasteiger partial charge on any atom is -0.478 e. The van der Waals surface area contributed by atoms with E-state index in [4.69, 9.17) is 4.74 Å². The first-order chi connectivity index (χ1) is 12.1. The molecule has 4 nitrogen and oxygen atoms in total. The quantitative estimate of drug-likeness (QED) is 0.838. The normalized spacial score (nSPS) is 16.5. The fourth-order valence-electron chi connectivity index (χ4n) is 3.01. The van der Waals surface area contributed by atoms with Gasteiger partial charge in [0.25, 0.3) is 5.91 Å². The van der Waals surface area contributed by atoms with Crippen LogP contribution in [0, 0.1) is 5.82 Å². The Bertz CT molecular complexity index is 700. The van der Waals surface area contributed by atoms with Crippen LogP contribution >= 0.6 is 0 Å². The van der Waals surface area contributed by atoms with E-state index in [2.05, 4.69) is 17.0 Å². The van der Waals surface area contributed by atoms with E-state index in [-0.39, 0.29) is 11.7 Å². The molecule has 0 bridgehead atoms. The molecule has 1 saturated heterocycles. The third-order valence-corrected chi connectivity index (χ3v) is 4.42. The summed E-state index contributed by atoms with van der Waals surface area (Å²) in [7, 11) is 0. The number of carbonyl (C=O) groups is 1. The lowest BCUT2D eigenvalue weighted by Gasteiger charge is -2.35. The third-order valence-electron chi connectivity index (χ3n) is 4.42. The van der Waals surface area contributed by atoms with Crippen LogP contribution < -0.4 is 4.74 Å². The summed E-state index contributed by atoms with van der Waals surface area (Å²) in [5.41, 5.74) is 1.28. The summed E-state index contributed by atoms with van der Waals surface area (Å²) < 4.78 is 19.2. The second kappa shape index (κ2) is 8.12. The highest BCUT2D eigenvalue weighted by atomic mass is 19.1. The first kappa shape index (κ1) is 17.4. The van der Waals surface area contributed by atoms with Gasteiger partial charge in [-0.1, -0.05) is 42.5 Å². The molecule has 5 heteroatoms. The summed E-state index contributed by atoms with van der Waals surface area (Å²) in [4.78, 5) is 16.7. The minimum atomic E-state index is -0.697. The van der Waals surface area contributed by atoms with Gasteiger partial charge in [-0.05, 0) is 24.6 Å². The van der Waals surface area contributed by atoms with E-state index in [1.54, 1.807) is 24.0 Å². The topological polar surface area (TPSA) is 32.8 Å². The Labute approximate surface area is 147 Å². The zero-order valence-corrected chi connectivity index (χ0v) is 14.4. The van der Waals surface area contributed by atoms with Crippen LogP contribution in [0.15, 0.2) is 54.6 Å². The monoisotopic (exact) mass is 342 g/mol. The number of halogens is 1. The number of rotatable bonds is 5. The van der Waals surface area contributed by atoms with Crippen molar-refractivity contribution in [1.82, 2.24) is 9.80 Å². The van der Waals surface area contributed by atoms with Crippen molar-refractivity contribution in [2.45, 2.75) is 19.6 Å². The number of amides is 1. The Morgan fingerprint density at radius 2 is 1.68 bits per heavy atom. The Morgan fingerprint density at radius 3 is 2.36 bits per heavy atom. The Hall–Kier alpha value is -2.40. The van der Waals surface area contributed by atoms with Crippen molar-refractivity contribution in [3.8, 4) is 5.75 Å². The smallest absolute Gasteiger partial charge is 0.263 e. The lowest BCUT2D eigenvalue weighted by atomic mass is 10.2. The fourth-order valence-corrected chi connectivity index (χ4v) is 3.01. The highest BCUT2D eigenvalue weighted by molar-refractivity contribution is 5.81. The van der Waals surface area contributed by atoms with E-state index in [1.807, 2.05) is 18.2 Å². The van der Waals surface area contributed by atoms with Gasteiger partial charge in [0.05, 0.1) is 0 Å². The van der Waals surface area contributed by atoms with Gasteiger partial charge in [-0.15, -0.1) is 0 Å². The molecule has 1 aliphatic rings. The molecular weight excluding hydrogens is 319 g/mol. The van der Waals surface area contributed by atoms with Crippen LogP contribution in [-0.2, 0) is 11.3 Å². The van der Waals surface area contributed by atoms with Crippen molar-refractivity contribution in [1.29, 1.82) is 0 Å². The molecule has 2 aromatic rings. The number of para-hydroxylation sites is 1. The minimum absolute atomic E-state index is 0.0948. The molecule has 0 N–H and O–H groups in total. The second-order valence-corrected chi connectivity index (χ2v) is 6.28. The van der Waals surface area contributed by atoms with E-state index >= 15 is 0 Å². The van der Waals surface area contributed by atoms with Crippen LogP contribution in [-0.4, -0.2) is 48.0 Å². The number of carbonyl (C=O) groups excluding carboxylic acids is 1. The maximum Gasteiger partial charge on any atom is 0.263 e. The number of piperazine rings is 1. The van der Waals surface area contributed by atoms with Gasteiger partial charge >= 0.3 is 0 Å². The molecule has 1 atom stereocenters. The number of hydrogen-bond donors (Lipinski definition) is 0. The molecule has 1 aliphatic heterocycles. The summed E-state index contributed by atoms with van der Waals surface area (Å²) in [6.45, 7) is 5.54. The molecule has 2 aromatic carbocycles. The molecule has 1 fully saturated rings. The summed E-state index contributed by atoms with van der Waals surface area (Å²) in [5, 5.41) is 0. The highest BCUT2D eigenvalue weighted by Gasteiger charge is 2.26. The Kier molecular flexibility index (Phi) is 5.66. The zero-order chi connectivity index (χ0) is 17.6. The van der Waals surface area contributed by atoms with Gasteiger partial charge < -0.3 is 9.64 Å². The second-order valence-electron chi connectivity index (χ2n) is 6.28. The first-order valence-corrected chi connectivity index (χ1v) is 8.60. The number of ether oxygens (including phenoxy) is 1. The van der Waals surface area contributed by atoms with E-state index in [0.717, 1.165) is 19.6 Å². The van der Waals surface area contributed by atoms with Crippen molar-refractivity contribution < 1.29 is 13.9 Å². The van der Waals surface area contributed by atoms with Crippen molar-refractivity contribution in [2.75, 3.05) is 26.2 Å². The zero-order valence-electron chi connectivity index (χ0n) is 14.4.